The van der Waals surface area contributed by atoms with E-state index in [1.807, 2.05) is 4.90 Å². The van der Waals surface area contributed by atoms with E-state index < -0.39 is 0 Å². The number of rotatable bonds is 5. The number of nitrogens with zero attached hydrogens (tertiary/aromatic N) is 3. The lowest BCUT2D eigenvalue weighted by Crippen LogP contribution is -2.48. The highest BCUT2D eigenvalue weighted by atomic mass is 32.2. The first kappa shape index (κ1) is 22.4. The second-order valence-electron chi connectivity index (χ2n) is 9.55. The zero-order chi connectivity index (χ0) is 22.2. The molecule has 3 aliphatic rings. The Morgan fingerprint density at radius 1 is 1.12 bits per heavy atom. The number of aryl methyl sites for hydroxylation is 2. The van der Waals surface area contributed by atoms with E-state index in [0.717, 1.165) is 61.8 Å². The van der Waals surface area contributed by atoms with Gasteiger partial charge in [0.25, 0.3) is 5.56 Å². The van der Waals surface area contributed by atoms with Crippen molar-refractivity contribution in [3.63, 3.8) is 0 Å². The summed E-state index contributed by atoms with van der Waals surface area (Å²) in [5, 5.41) is 1.49. The molecule has 0 aromatic carbocycles. The summed E-state index contributed by atoms with van der Waals surface area (Å²) in [7, 11) is 0. The van der Waals surface area contributed by atoms with Crippen LogP contribution < -0.4 is 5.56 Å². The minimum atomic E-state index is 0.0543. The fraction of sp³-hybridized carbons (Fsp3) is 0.708. The smallest absolute Gasteiger partial charge is 0.263 e. The van der Waals surface area contributed by atoms with Crippen molar-refractivity contribution in [3.8, 4) is 0 Å². The lowest BCUT2D eigenvalue weighted by molar-refractivity contribution is -0.134. The van der Waals surface area contributed by atoms with Crippen molar-refractivity contribution in [2.75, 3.05) is 12.4 Å². The van der Waals surface area contributed by atoms with E-state index in [4.69, 9.17) is 9.72 Å². The number of hydrogen-bond acceptors (Lipinski definition) is 6. The molecule has 0 N–H and O–H groups in total. The molecule has 2 fully saturated rings. The molecule has 6 nitrogen and oxygen atoms in total. The molecule has 1 aliphatic carbocycles. The van der Waals surface area contributed by atoms with Gasteiger partial charge >= 0.3 is 0 Å². The van der Waals surface area contributed by atoms with Gasteiger partial charge in [0.2, 0.25) is 5.91 Å². The molecule has 0 unspecified atom stereocenters. The maximum absolute atomic E-state index is 13.7. The van der Waals surface area contributed by atoms with Crippen LogP contribution in [0, 0.1) is 0 Å². The van der Waals surface area contributed by atoms with E-state index in [0.29, 0.717) is 17.5 Å². The van der Waals surface area contributed by atoms with Crippen molar-refractivity contribution >= 4 is 39.2 Å². The number of carbonyl (C=O) groups excluding carboxylic acids is 1. The lowest BCUT2D eigenvalue weighted by atomic mass is 9.97. The van der Waals surface area contributed by atoms with Crippen molar-refractivity contribution in [2.45, 2.75) is 102 Å². The number of likely N-dealkylation sites (tertiary alicyclic amines) is 1. The third kappa shape index (κ3) is 4.26. The number of thioether (sulfide) groups is 1. The highest BCUT2D eigenvalue weighted by molar-refractivity contribution is 7.99. The van der Waals surface area contributed by atoms with Crippen LogP contribution in [0.25, 0.3) is 10.2 Å². The Hall–Kier alpha value is -1.38. The molecule has 0 saturated carbocycles. The van der Waals surface area contributed by atoms with Gasteiger partial charge in [-0.05, 0) is 77.2 Å². The highest BCUT2D eigenvalue weighted by Gasteiger charge is 2.30. The molecule has 0 spiro atoms. The number of aromatic nitrogens is 2. The normalized spacial score (nSPS) is 25.9. The zero-order valence-electron chi connectivity index (χ0n) is 19.1. The summed E-state index contributed by atoms with van der Waals surface area (Å²) in [6.07, 6.45) is 9.72. The summed E-state index contributed by atoms with van der Waals surface area (Å²) in [5.74, 6) is 0.474. The number of amides is 1. The van der Waals surface area contributed by atoms with Crippen LogP contribution in [0.5, 0.6) is 0 Å². The number of hydrogen-bond donors (Lipinski definition) is 0. The molecular weight excluding hydrogens is 442 g/mol. The van der Waals surface area contributed by atoms with E-state index >= 15 is 0 Å². The van der Waals surface area contributed by atoms with Crippen LogP contribution >= 0.6 is 23.1 Å². The predicted molar refractivity (Wildman–Crippen MR) is 130 cm³/mol. The minimum absolute atomic E-state index is 0.0543. The fourth-order valence-corrected chi connectivity index (χ4v) is 7.78. The topological polar surface area (TPSA) is 64.4 Å². The maximum Gasteiger partial charge on any atom is 0.263 e. The minimum Gasteiger partial charge on any atom is -0.376 e. The molecule has 2 saturated heterocycles. The first-order valence-electron chi connectivity index (χ1n) is 12.1. The van der Waals surface area contributed by atoms with Gasteiger partial charge in [0.1, 0.15) is 4.83 Å². The van der Waals surface area contributed by atoms with Gasteiger partial charge < -0.3 is 9.64 Å². The third-order valence-corrected chi connectivity index (χ3v) is 9.40. The molecule has 32 heavy (non-hydrogen) atoms. The number of piperidine rings is 1. The molecule has 2 aromatic rings. The molecule has 5 rings (SSSR count). The highest BCUT2D eigenvalue weighted by Crippen LogP contribution is 2.35. The average Bonchev–Trinajstić information content (AvgIpc) is 3.41. The van der Waals surface area contributed by atoms with Gasteiger partial charge in [-0.3, -0.25) is 14.2 Å². The van der Waals surface area contributed by atoms with Crippen LogP contribution in [0.3, 0.4) is 0 Å². The molecule has 8 heteroatoms. The Kier molecular flexibility index (Phi) is 6.63. The van der Waals surface area contributed by atoms with Crippen LogP contribution in [0.1, 0.15) is 69.2 Å². The summed E-state index contributed by atoms with van der Waals surface area (Å²) in [6.45, 7) is 5.58. The molecule has 174 valence electrons. The summed E-state index contributed by atoms with van der Waals surface area (Å²) in [6, 6.07) is 0.556. The number of carbonyl (C=O) groups is 1. The number of thiophene rings is 1. The molecule has 0 bridgehead atoms. The van der Waals surface area contributed by atoms with E-state index in [1.165, 1.54) is 35.0 Å². The van der Waals surface area contributed by atoms with Crippen molar-refractivity contribution in [1.29, 1.82) is 0 Å². The number of fused-ring (bicyclic) bond motifs is 3. The van der Waals surface area contributed by atoms with E-state index in [2.05, 4.69) is 13.8 Å². The van der Waals surface area contributed by atoms with Crippen LogP contribution in [0.15, 0.2) is 9.95 Å². The average molecular weight is 476 g/mol. The number of ether oxygens (including phenoxy) is 1. The molecule has 2 aromatic heterocycles. The van der Waals surface area contributed by atoms with E-state index in [-0.39, 0.29) is 29.7 Å². The largest absolute Gasteiger partial charge is 0.376 e. The lowest BCUT2D eigenvalue weighted by Gasteiger charge is -2.39. The van der Waals surface area contributed by atoms with Crippen molar-refractivity contribution in [1.82, 2.24) is 14.5 Å². The van der Waals surface area contributed by atoms with Gasteiger partial charge in [0.15, 0.2) is 5.16 Å². The quantitative estimate of drug-likeness (QED) is 0.474. The van der Waals surface area contributed by atoms with Crippen LogP contribution in [0.2, 0.25) is 0 Å². The Morgan fingerprint density at radius 3 is 2.66 bits per heavy atom. The Labute approximate surface area is 197 Å². The molecule has 2 aliphatic heterocycles. The first-order valence-corrected chi connectivity index (χ1v) is 13.9. The van der Waals surface area contributed by atoms with Gasteiger partial charge in [0, 0.05) is 23.6 Å². The molecule has 0 radical (unpaired) electrons. The monoisotopic (exact) mass is 475 g/mol. The Morgan fingerprint density at radius 2 is 1.91 bits per heavy atom. The van der Waals surface area contributed by atoms with Crippen LogP contribution in [-0.4, -0.2) is 50.9 Å². The Bertz CT molecular complexity index is 1050. The van der Waals surface area contributed by atoms with E-state index in [1.54, 1.807) is 15.9 Å². The summed E-state index contributed by atoms with van der Waals surface area (Å²) < 4.78 is 7.66. The van der Waals surface area contributed by atoms with Gasteiger partial charge in [-0.15, -0.1) is 11.3 Å². The van der Waals surface area contributed by atoms with Crippen molar-refractivity contribution < 1.29 is 9.53 Å². The first-order chi connectivity index (χ1) is 15.5. The third-order valence-electron chi connectivity index (χ3n) is 7.26. The molecule has 3 atom stereocenters. The second-order valence-corrected chi connectivity index (χ2v) is 11.6. The van der Waals surface area contributed by atoms with Crippen LogP contribution in [0.4, 0.5) is 0 Å². The van der Waals surface area contributed by atoms with Gasteiger partial charge in [-0.25, -0.2) is 4.98 Å². The summed E-state index contributed by atoms with van der Waals surface area (Å²) in [4.78, 5) is 36.0. The SMILES string of the molecule is C[C@@H]1CCC[C@H](C)N1C(=O)CSc1nc2sc3c(c2c(=O)n1C[C@H]1CCCO1)CCCC3. The molecule has 1 amide bonds. The summed E-state index contributed by atoms with van der Waals surface area (Å²) >= 11 is 3.10. The fourth-order valence-electron chi connectivity index (χ4n) is 5.60. The van der Waals surface area contributed by atoms with E-state index in [9.17, 15) is 9.59 Å². The standard InChI is InChI=1S/C24H33N3O3S2/c1-15-7-5-8-16(2)27(15)20(28)14-31-24-25-22-21(18-10-3-4-11-19(18)32-22)23(29)26(24)13-17-9-6-12-30-17/h15-17H,3-14H2,1-2H3/t15-,16+,17-/m1/s1. The van der Waals surface area contributed by atoms with Gasteiger partial charge in [-0.1, -0.05) is 11.8 Å². The Balaban J connectivity index is 1.46. The van der Waals surface area contributed by atoms with Crippen molar-refractivity contribution in [2.24, 2.45) is 0 Å². The molecule has 4 heterocycles. The van der Waals surface area contributed by atoms with Gasteiger partial charge in [0.05, 0.1) is 23.8 Å². The van der Waals surface area contributed by atoms with Crippen molar-refractivity contribution in [3.05, 3.63) is 20.8 Å². The molecular formula is C24H33N3O3S2. The van der Waals surface area contributed by atoms with Crippen LogP contribution in [-0.2, 0) is 28.9 Å². The maximum atomic E-state index is 13.7. The second kappa shape index (κ2) is 9.47. The summed E-state index contributed by atoms with van der Waals surface area (Å²) in [5.41, 5.74) is 1.28. The van der Waals surface area contributed by atoms with Gasteiger partial charge in [-0.2, -0.15) is 0 Å². The predicted octanol–water partition coefficient (Wildman–Crippen LogP) is 4.40. The zero-order valence-corrected chi connectivity index (χ0v) is 20.7.